The fraction of sp³-hybridized carbons (Fsp3) is 0.611. The number of nitrogens with one attached hydrogen (secondary N) is 4. The summed E-state index contributed by atoms with van der Waals surface area (Å²) in [7, 11) is 0. The molecule has 5 nitrogen and oxygen atoms in total. The zero-order valence-corrected chi connectivity index (χ0v) is 17.1. The molecular formula is C18H28BrClN4O. The standard InChI is InChI=1S/C18H27BrN4O.ClH/c1-3-15-16(12-4-6-14(19)7-5-12)22-23-17(15)21-18(24)13-8-9-20-11(2)10-13;/h4-7,11,13,15-17,20,22-23H,3,8-10H2,1-2H3,(H,21,24);1H/t11-,13-,15?,16?,17?;/m0./s1. The molecule has 0 spiro atoms. The van der Waals surface area contributed by atoms with Crippen LogP contribution in [0.2, 0.25) is 0 Å². The van der Waals surface area contributed by atoms with Crippen molar-refractivity contribution < 1.29 is 4.79 Å². The Bertz CT molecular complexity index is 571. The van der Waals surface area contributed by atoms with Crippen LogP contribution in [0.5, 0.6) is 0 Å². The summed E-state index contributed by atoms with van der Waals surface area (Å²) >= 11 is 3.48. The molecule has 0 aliphatic carbocycles. The molecule has 2 aliphatic heterocycles. The van der Waals surface area contributed by atoms with Gasteiger partial charge in [-0.25, -0.2) is 10.9 Å². The molecule has 0 saturated carbocycles. The number of rotatable bonds is 4. The zero-order valence-electron chi connectivity index (χ0n) is 14.7. The molecule has 1 aromatic rings. The number of benzene rings is 1. The number of carbonyl (C=O) groups is 1. The fourth-order valence-electron chi connectivity index (χ4n) is 3.84. The summed E-state index contributed by atoms with van der Waals surface area (Å²) in [5, 5.41) is 6.63. The van der Waals surface area contributed by atoms with E-state index in [2.05, 4.69) is 75.5 Å². The van der Waals surface area contributed by atoms with Gasteiger partial charge < -0.3 is 10.6 Å². The Morgan fingerprint density at radius 2 is 2.00 bits per heavy atom. The third kappa shape index (κ3) is 4.95. The number of hydrogen-bond acceptors (Lipinski definition) is 4. The van der Waals surface area contributed by atoms with E-state index in [1.165, 1.54) is 5.56 Å². The van der Waals surface area contributed by atoms with Crippen molar-refractivity contribution in [3.05, 3.63) is 34.3 Å². The quantitative estimate of drug-likeness (QED) is 0.592. The third-order valence-corrected chi connectivity index (χ3v) is 5.77. The number of amides is 1. The number of hydrazine groups is 1. The number of carbonyl (C=O) groups excluding carboxylic acids is 1. The number of hydrogen-bond donors (Lipinski definition) is 4. The van der Waals surface area contributed by atoms with E-state index < -0.39 is 0 Å². The SMILES string of the molecule is CCC1C(NC(=O)[C@H]2CCN[C@@H](C)C2)NNC1c1ccc(Br)cc1.Cl. The number of halogens is 2. The molecule has 3 rings (SSSR count). The van der Waals surface area contributed by atoms with Crippen molar-refractivity contribution in [1.29, 1.82) is 0 Å². The van der Waals surface area contributed by atoms with Gasteiger partial charge in [0.15, 0.2) is 0 Å². The van der Waals surface area contributed by atoms with Crippen LogP contribution in [0, 0.1) is 11.8 Å². The first-order valence-electron chi connectivity index (χ1n) is 8.88. The Morgan fingerprint density at radius 3 is 2.64 bits per heavy atom. The van der Waals surface area contributed by atoms with Crippen LogP contribution in [-0.4, -0.2) is 24.7 Å². The third-order valence-electron chi connectivity index (χ3n) is 5.24. The Balaban J connectivity index is 0.00000225. The van der Waals surface area contributed by atoms with E-state index in [1.54, 1.807) is 0 Å². The van der Waals surface area contributed by atoms with Crippen molar-refractivity contribution >= 4 is 34.2 Å². The monoisotopic (exact) mass is 430 g/mol. The van der Waals surface area contributed by atoms with Crippen molar-refractivity contribution in [2.75, 3.05) is 6.54 Å². The predicted octanol–water partition coefficient (Wildman–Crippen LogP) is 2.88. The van der Waals surface area contributed by atoms with Crippen molar-refractivity contribution in [2.24, 2.45) is 11.8 Å². The lowest BCUT2D eigenvalue weighted by molar-refractivity contribution is -0.127. The summed E-state index contributed by atoms with van der Waals surface area (Å²) < 4.78 is 1.08. The van der Waals surface area contributed by atoms with Gasteiger partial charge in [0.25, 0.3) is 0 Å². The second-order valence-corrected chi connectivity index (χ2v) is 7.87. The van der Waals surface area contributed by atoms with E-state index in [1.807, 2.05) is 0 Å². The van der Waals surface area contributed by atoms with Gasteiger partial charge in [0, 0.05) is 22.4 Å². The minimum atomic E-state index is -0.0265. The average molecular weight is 432 g/mol. The van der Waals surface area contributed by atoms with Crippen molar-refractivity contribution in [2.45, 2.75) is 51.4 Å². The molecule has 0 aromatic heterocycles. The highest BCUT2D eigenvalue weighted by Gasteiger charge is 2.37. The smallest absolute Gasteiger partial charge is 0.224 e. The summed E-state index contributed by atoms with van der Waals surface area (Å²) in [6, 6.07) is 9.01. The molecule has 2 saturated heterocycles. The molecule has 7 heteroatoms. The molecule has 0 radical (unpaired) electrons. The molecule has 2 heterocycles. The molecule has 140 valence electrons. The molecule has 1 amide bonds. The minimum absolute atomic E-state index is 0. The molecule has 1 aromatic carbocycles. The molecule has 2 fully saturated rings. The lowest BCUT2D eigenvalue weighted by Gasteiger charge is -2.29. The van der Waals surface area contributed by atoms with Gasteiger partial charge in [-0.15, -0.1) is 12.4 Å². The van der Waals surface area contributed by atoms with E-state index in [9.17, 15) is 4.79 Å². The van der Waals surface area contributed by atoms with Crippen LogP contribution in [0.3, 0.4) is 0 Å². The second-order valence-electron chi connectivity index (χ2n) is 6.95. The van der Waals surface area contributed by atoms with Gasteiger partial charge in [0.05, 0.1) is 12.2 Å². The minimum Gasteiger partial charge on any atom is -0.339 e. The Labute approximate surface area is 164 Å². The summed E-state index contributed by atoms with van der Waals surface area (Å²) in [5.41, 5.74) is 7.90. The highest BCUT2D eigenvalue weighted by atomic mass is 79.9. The van der Waals surface area contributed by atoms with Crippen LogP contribution in [-0.2, 0) is 4.79 Å². The van der Waals surface area contributed by atoms with Crippen LogP contribution in [0.1, 0.15) is 44.7 Å². The van der Waals surface area contributed by atoms with Gasteiger partial charge in [-0.05, 0) is 50.4 Å². The molecule has 0 bridgehead atoms. The molecule has 2 aliphatic rings. The van der Waals surface area contributed by atoms with Crippen LogP contribution in [0.25, 0.3) is 0 Å². The summed E-state index contributed by atoms with van der Waals surface area (Å²) in [6.07, 6.45) is 2.80. The van der Waals surface area contributed by atoms with E-state index in [0.717, 1.165) is 30.3 Å². The molecule has 5 atom stereocenters. The summed E-state index contributed by atoms with van der Waals surface area (Å²) in [4.78, 5) is 12.6. The first-order valence-corrected chi connectivity index (χ1v) is 9.68. The maximum atomic E-state index is 12.6. The van der Waals surface area contributed by atoms with E-state index in [4.69, 9.17) is 0 Å². The van der Waals surface area contributed by atoms with Crippen molar-refractivity contribution in [1.82, 2.24) is 21.5 Å². The van der Waals surface area contributed by atoms with Crippen molar-refractivity contribution in [3.8, 4) is 0 Å². The van der Waals surface area contributed by atoms with Crippen molar-refractivity contribution in [3.63, 3.8) is 0 Å². The lowest BCUT2D eigenvalue weighted by atomic mass is 9.89. The topological polar surface area (TPSA) is 65.2 Å². The first kappa shape index (κ1) is 20.6. The van der Waals surface area contributed by atoms with Crippen LogP contribution in [0.4, 0.5) is 0 Å². The Kier molecular flexibility index (Phi) is 7.70. The highest BCUT2D eigenvalue weighted by molar-refractivity contribution is 9.10. The number of piperidine rings is 1. The van der Waals surface area contributed by atoms with Gasteiger partial charge in [0.2, 0.25) is 5.91 Å². The average Bonchev–Trinajstić information content (AvgIpc) is 2.98. The molecular weight excluding hydrogens is 404 g/mol. The fourth-order valence-corrected chi connectivity index (χ4v) is 4.11. The zero-order chi connectivity index (χ0) is 17.1. The van der Waals surface area contributed by atoms with Crippen LogP contribution < -0.4 is 21.5 Å². The Hall–Kier alpha value is -0.660. The van der Waals surface area contributed by atoms with Gasteiger partial charge >= 0.3 is 0 Å². The maximum absolute atomic E-state index is 12.6. The van der Waals surface area contributed by atoms with E-state index in [-0.39, 0.29) is 36.4 Å². The van der Waals surface area contributed by atoms with E-state index >= 15 is 0 Å². The van der Waals surface area contributed by atoms with Crippen LogP contribution >= 0.6 is 28.3 Å². The second kappa shape index (κ2) is 9.33. The van der Waals surface area contributed by atoms with Gasteiger partial charge in [-0.1, -0.05) is 35.0 Å². The molecule has 4 N–H and O–H groups in total. The predicted molar refractivity (Wildman–Crippen MR) is 106 cm³/mol. The maximum Gasteiger partial charge on any atom is 0.224 e. The summed E-state index contributed by atoms with van der Waals surface area (Å²) in [6.45, 7) is 5.25. The lowest BCUT2D eigenvalue weighted by Crippen LogP contribution is -2.51. The largest absolute Gasteiger partial charge is 0.339 e. The van der Waals surface area contributed by atoms with Gasteiger partial charge in [-0.3, -0.25) is 4.79 Å². The summed E-state index contributed by atoms with van der Waals surface area (Å²) in [5.74, 6) is 0.624. The molecule has 25 heavy (non-hydrogen) atoms. The molecule has 3 unspecified atom stereocenters. The van der Waals surface area contributed by atoms with Gasteiger partial charge in [0.1, 0.15) is 0 Å². The Morgan fingerprint density at radius 1 is 1.28 bits per heavy atom. The van der Waals surface area contributed by atoms with Crippen LogP contribution in [0.15, 0.2) is 28.7 Å². The van der Waals surface area contributed by atoms with E-state index in [0.29, 0.717) is 12.0 Å². The normalized spacial score (nSPS) is 32.0. The first-order chi connectivity index (χ1) is 11.6. The van der Waals surface area contributed by atoms with Gasteiger partial charge in [-0.2, -0.15) is 0 Å². The highest BCUT2D eigenvalue weighted by Crippen LogP contribution is 2.31.